The van der Waals surface area contributed by atoms with Gasteiger partial charge in [-0.15, -0.1) is 0 Å². The molecule has 0 heterocycles. The molecule has 2 N–H and O–H groups in total. The average molecular weight is 262 g/mol. The molecule has 19 heavy (non-hydrogen) atoms. The van der Waals surface area contributed by atoms with Crippen LogP contribution in [0, 0.1) is 0 Å². The number of hydrogen-bond acceptors (Lipinski definition) is 3. The summed E-state index contributed by atoms with van der Waals surface area (Å²) in [6.07, 6.45) is 5.15. The van der Waals surface area contributed by atoms with Crippen molar-refractivity contribution >= 4 is 0 Å². The summed E-state index contributed by atoms with van der Waals surface area (Å²) in [5.74, 6) is 0.908. The Balaban J connectivity index is 2.10. The molecule has 1 atom stereocenters. The monoisotopic (exact) mass is 262 g/mol. The maximum Gasteiger partial charge on any atom is 0.118 e. The predicted octanol–water partition coefficient (Wildman–Crippen LogP) is 2.96. The van der Waals surface area contributed by atoms with E-state index in [1.54, 1.807) is 7.11 Å². The molecule has 3 heteroatoms. The van der Waals surface area contributed by atoms with Crippen LogP contribution in [0.4, 0.5) is 0 Å². The molecule has 1 aromatic carbocycles. The number of methoxy groups -OCH3 is 1. The quantitative estimate of drug-likeness (QED) is 0.783. The van der Waals surface area contributed by atoms with Gasteiger partial charge >= 0.3 is 0 Å². The maximum atomic E-state index is 6.04. The van der Waals surface area contributed by atoms with Crippen LogP contribution in [0.2, 0.25) is 0 Å². The summed E-state index contributed by atoms with van der Waals surface area (Å²) in [4.78, 5) is 2.60. The Labute approximate surface area is 116 Å². The van der Waals surface area contributed by atoms with Crippen molar-refractivity contribution in [3.05, 3.63) is 29.8 Å². The van der Waals surface area contributed by atoms with Crippen LogP contribution >= 0.6 is 0 Å². The van der Waals surface area contributed by atoms with Crippen molar-refractivity contribution < 1.29 is 4.74 Å². The van der Waals surface area contributed by atoms with Gasteiger partial charge in [0.1, 0.15) is 5.75 Å². The highest BCUT2D eigenvalue weighted by molar-refractivity contribution is 5.29. The van der Waals surface area contributed by atoms with Crippen LogP contribution < -0.4 is 10.5 Å². The minimum Gasteiger partial charge on any atom is -0.497 e. The van der Waals surface area contributed by atoms with E-state index in [1.165, 1.54) is 31.2 Å². The number of nitrogens with two attached hydrogens (primary N) is 1. The zero-order valence-electron chi connectivity index (χ0n) is 12.1. The topological polar surface area (TPSA) is 38.5 Å². The van der Waals surface area contributed by atoms with Gasteiger partial charge in [0.2, 0.25) is 0 Å². The molecule has 0 bridgehead atoms. The standard InChI is InChI=1S/C16H26N2O/c1-3-4-11-18(14-7-8-14)16(12-17)13-5-9-15(19-2)10-6-13/h5-6,9-10,14,16H,3-4,7-8,11-12,17H2,1-2H3. The Kier molecular flexibility index (Phi) is 5.23. The summed E-state index contributed by atoms with van der Waals surface area (Å²) in [7, 11) is 1.70. The molecule has 0 aromatic heterocycles. The van der Waals surface area contributed by atoms with Crippen LogP contribution in [-0.4, -0.2) is 31.1 Å². The second-order valence-electron chi connectivity index (χ2n) is 5.35. The van der Waals surface area contributed by atoms with Crippen molar-refractivity contribution in [3.63, 3.8) is 0 Å². The van der Waals surface area contributed by atoms with E-state index in [-0.39, 0.29) is 0 Å². The van der Waals surface area contributed by atoms with E-state index in [0.29, 0.717) is 12.6 Å². The number of benzene rings is 1. The minimum atomic E-state index is 0.352. The molecule has 0 radical (unpaired) electrons. The lowest BCUT2D eigenvalue weighted by Gasteiger charge is -2.31. The van der Waals surface area contributed by atoms with Crippen LogP contribution in [0.15, 0.2) is 24.3 Å². The van der Waals surface area contributed by atoms with E-state index in [1.807, 2.05) is 12.1 Å². The molecule has 1 fully saturated rings. The smallest absolute Gasteiger partial charge is 0.118 e. The number of rotatable bonds is 8. The predicted molar refractivity (Wildman–Crippen MR) is 79.4 cm³/mol. The lowest BCUT2D eigenvalue weighted by Crippen LogP contribution is -2.36. The SMILES string of the molecule is CCCCN(C1CC1)C(CN)c1ccc(OC)cc1. The fraction of sp³-hybridized carbons (Fsp3) is 0.625. The first-order valence-electron chi connectivity index (χ1n) is 7.40. The van der Waals surface area contributed by atoms with Crippen molar-refractivity contribution in [1.29, 1.82) is 0 Å². The highest BCUT2D eigenvalue weighted by atomic mass is 16.5. The minimum absolute atomic E-state index is 0.352. The molecular formula is C16H26N2O. The number of ether oxygens (including phenoxy) is 1. The fourth-order valence-corrected chi connectivity index (χ4v) is 2.63. The first kappa shape index (κ1) is 14.4. The molecule has 0 amide bonds. The summed E-state index contributed by atoms with van der Waals surface area (Å²) < 4.78 is 5.22. The van der Waals surface area contributed by atoms with Crippen LogP contribution in [0.5, 0.6) is 5.75 Å². The average Bonchev–Trinajstić information content (AvgIpc) is 3.28. The Hall–Kier alpha value is -1.06. The van der Waals surface area contributed by atoms with E-state index in [2.05, 4.69) is 24.0 Å². The third-order valence-electron chi connectivity index (χ3n) is 3.91. The van der Waals surface area contributed by atoms with Crippen LogP contribution in [0.1, 0.15) is 44.2 Å². The molecule has 1 aliphatic rings. The fourth-order valence-electron chi connectivity index (χ4n) is 2.63. The first-order chi connectivity index (χ1) is 9.30. The first-order valence-corrected chi connectivity index (χ1v) is 7.40. The Morgan fingerprint density at radius 1 is 1.32 bits per heavy atom. The molecule has 1 aromatic rings. The lowest BCUT2D eigenvalue weighted by atomic mass is 10.0. The van der Waals surface area contributed by atoms with E-state index in [9.17, 15) is 0 Å². The molecular weight excluding hydrogens is 236 g/mol. The zero-order valence-corrected chi connectivity index (χ0v) is 12.1. The van der Waals surface area contributed by atoms with Gasteiger partial charge in [-0.25, -0.2) is 0 Å². The number of nitrogens with zero attached hydrogens (tertiary/aromatic N) is 1. The lowest BCUT2D eigenvalue weighted by molar-refractivity contribution is 0.188. The molecule has 1 aliphatic carbocycles. The van der Waals surface area contributed by atoms with Crippen LogP contribution in [-0.2, 0) is 0 Å². The van der Waals surface area contributed by atoms with Crippen molar-refractivity contribution in [2.24, 2.45) is 5.73 Å². The summed E-state index contributed by atoms with van der Waals surface area (Å²) in [5, 5.41) is 0. The maximum absolute atomic E-state index is 6.04. The van der Waals surface area contributed by atoms with Crippen molar-refractivity contribution in [2.45, 2.75) is 44.7 Å². The van der Waals surface area contributed by atoms with Gasteiger partial charge in [-0.1, -0.05) is 25.5 Å². The molecule has 0 aliphatic heterocycles. The summed E-state index contributed by atoms with van der Waals surface area (Å²) in [6, 6.07) is 9.47. The van der Waals surface area contributed by atoms with Gasteiger partial charge in [-0.3, -0.25) is 4.90 Å². The van der Waals surface area contributed by atoms with Crippen molar-refractivity contribution in [1.82, 2.24) is 4.90 Å². The van der Waals surface area contributed by atoms with Gasteiger partial charge in [-0.2, -0.15) is 0 Å². The van der Waals surface area contributed by atoms with E-state index < -0.39 is 0 Å². The second-order valence-corrected chi connectivity index (χ2v) is 5.35. The van der Waals surface area contributed by atoms with Gasteiger partial charge in [0.25, 0.3) is 0 Å². The zero-order chi connectivity index (χ0) is 13.7. The number of unbranched alkanes of at least 4 members (excludes halogenated alkanes) is 1. The van der Waals surface area contributed by atoms with Crippen molar-refractivity contribution in [2.75, 3.05) is 20.2 Å². The molecule has 1 saturated carbocycles. The van der Waals surface area contributed by atoms with Crippen LogP contribution in [0.25, 0.3) is 0 Å². The summed E-state index contributed by atoms with van der Waals surface area (Å²) in [5.41, 5.74) is 7.35. The van der Waals surface area contributed by atoms with Gasteiger partial charge in [-0.05, 0) is 43.5 Å². The van der Waals surface area contributed by atoms with Gasteiger partial charge in [0.05, 0.1) is 7.11 Å². The summed E-state index contributed by atoms with van der Waals surface area (Å²) in [6.45, 7) is 4.09. The molecule has 0 spiro atoms. The Morgan fingerprint density at radius 3 is 2.47 bits per heavy atom. The Bertz CT molecular complexity index is 373. The normalized spacial score (nSPS) is 16.6. The third kappa shape index (κ3) is 3.71. The van der Waals surface area contributed by atoms with Gasteiger partial charge in [0, 0.05) is 18.6 Å². The van der Waals surface area contributed by atoms with E-state index >= 15 is 0 Å². The van der Waals surface area contributed by atoms with E-state index in [0.717, 1.165) is 18.3 Å². The van der Waals surface area contributed by atoms with Gasteiger partial charge in [0.15, 0.2) is 0 Å². The van der Waals surface area contributed by atoms with Crippen LogP contribution in [0.3, 0.4) is 0 Å². The second kappa shape index (κ2) is 6.92. The molecule has 3 nitrogen and oxygen atoms in total. The highest BCUT2D eigenvalue weighted by Gasteiger charge is 2.33. The molecule has 1 unspecified atom stereocenters. The molecule has 106 valence electrons. The van der Waals surface area contributed by atoms with E-state index in [4.69, 9.17) is 10.5 Å². The largest absolute Gasteiger partial charge is 0.497 e. The highest BCUT2D eigenvalue weighted by Crippen LogP contribution is 2.34. The third-order valence-corrected chi connectivity index (χ3v) is 3.91. The van der Waals surface area contributed by atoms with Gasteiger partial charge < -0.3 is 10.5 Å². The number of hydrogen-bond donors (Lipinski definition) is 1. The Morgan fingerprint density at radius 2 is 2.00 bits per heavy atom. The summed E-state index contributed by atoms with van der Waals surface area (Å²) >= 11 is 0. The van der Waals surface area contributed by atoms with Crippen molar-refractivity contribution in [3.8, 4) is 5.75 Å². The molecule has 0 saturated heterocycles. The molecule has 2 rings (SSSR count).